The zero-order valence-electron chi connectivity index (χ0n) is 17.1. The quantitative estimate of drug-likeness (QED) is 0.259. The van der Waals surface area contributed by atoms with Crippen molar-refractivity contribution in [3.05, 3.63) is 69.6 Å². The van der Waals surface area contributed by atoms with Crippen molar-refractivity contribution >= 4 is 33.4 Å². The fourth-order valence-corrected chi connectivity index (χ4v) is 4.96. The Morgan fingerprint density at radius 2 is 1.91 bits per heavy atom. The number of aliphatic hydroxyl groups excluding tert-OH is 3. The molecule has 0 amide bonds. The third kappa shape index (κ3) is 5.60. The van der Waals surface area contributed by atoms with Gasteiger partial charge in [0.1, 0.15) is 35.5 Å². The summed E-state index contributed by atoms with van der Waals surface area (Å²) in [5.74, 6) is -4.61. The summed E-state index contributed by atoms with van der Waals surface area (Å²) in [6.45, 7) is -0.575. The third-order valence-electron chi connectivity index (χ3n) is 5.01. The molecule has 1 heterocycles. The maximum atomic E-state index is 13.6. The van der Waals surface area contributed by atoms with Crippen LogP contribution < -0.4 is 5.32 Å². The molecule has 0 saturated carbocycles. The summed E-state index contributed by atoms with van der Waals surface area (Å²) in [6, 6.07) is 7.03. The number of nitriles is 1. The van der Waals surface area contributed by atoms with Gasteiger partial charge in [-0.05, 0) is 46.3 Å². The zero-order chi connectivity index (χ0) is 25.0. The van der Waals surface area contributed by atoms with Gasteiger partial charge in [0.15, 0.2) is 17.5 Å². The smallest absolute Gasteiger partial charge is 0.194 e. The van der Waals surface area contributed by atoms with Crippen LogP contribution in [0.2, 0.25) is 0 Å². The van der Waals surface area contributed by atoms with E-state index < -0.39 is 53.8 Å². The standard InChI is InChI=1S/C21H18BrF3N4O4S/c22-12-5-11(2-1-9(12)6-26)34-21-20(32)18(19(31)16(8-30)33-21)28-7-15(29-27)10-3-13(23)17(25)14(24)4-10/h1-5,7,16,18-21,27-28,30-32H,8H2/b15-7-,29-27?/t16?,18?,19-,20?,21+/m0/s1. The number of ether oxygens (including phenoxy) is 1. The van der Waals surface area contributed by atoms with Crippen molar-refractivity contribution in [2.75, 3.05) is 6.61 Å². The van der Waals surface area contributed by atoms with Crippen molar-refractivity contribution in [3.8, 4) is 6.07 Å². The number of nitrogens with one attached hydrogen (secondary N) is 2. The summed E-state index contributed by atoms with van der Waals surface area (Å²) < 4.78 is 46.5. The van der Waals surface area contributed by atoms with E-state index in [0.29, 0.717) is 27.1 Å². The van der Waals surface area contributed by atoms with Crippen LogP contribution in [0.4, 0.5) is 13.2 Å². The van der Waals surface area contributed by atoms with Crippen LogP contribution in [0.5, 0.6) is 0 Å². The lowest BCUT2D eigenvalue weighted by atomic mass is 9.97. The van der Waals surface area contributed by atoms with E-state index in [1.165, 1.54) is 0 Å². The average molecular weight is 559 g/mol. The average Bonchev–Trinajstić information content (AvgIpc) is 2.81. The number of aliphatic hydroxyl groups is 3. The highest BCUT2D eigenvalue weighted by molar-refractivity contribution is 9.10. The van der Waals surface area contributed by atoms with Crippen LogP contribution in [0.15, 0.2) is 51.0 Å². The fraction of sp³-hybridized carbons (Fsp3) is 0.286. The number of nitrogens with zero attached hydrogens (tertiary/aromatic N) is 2. The van der Waals surface area contributed by atoms with Gasteiger partial charge >= 0.3 is 0 Å². The normalized spacial score (nSPS) is 25.0. The van der Waals surface area contributed by atoms with Crippen molar-refractivity contribution in [1.82, 2.24) is 5.32 Å². The lowest BCUT2D eigenvalue weighted by Gasteiger charge is -2.42. The molecule has 0 radical (unpaired) electrons. The summed E-state index contributed by atoms with van der Waals surface area (Å²) in [5.41, 5.74) is 6.17. The number of benzene rings is 2. The molecule has 2 aromatic carbocycles. The van der Waals surface area contributed by atoms with Gasteiger partial charge in [0.25, 0.3) is 0 Å². The first kappa shape index (κ1) is 26.1. The topological polar surface area (TPSA) is 142 Å². The summed E-state index contributed by atoms with van der Waals surface area (Å²) in [6.07, 6.45) is -2.82. The summed E-state index contributed by atoms with van der Waals surface area (Å²) >= 11 is 4.35. The van der Waals surface area contributed by atoms with Crippen LogP contribution in [0, 0.1) is 34.3 Å². The molecular weight excluding hydrogens is 541 g/mol. The molecule has 0 aliphatic carbocycles. The van der Waals surface area contributed by atoms with Crippen LogP contribution in [-0.4, -0.2) is 51.7 Å². The van der Waals surface area contributed by atoms with Crippen LogP contribution in [0.3, 0.4) is 0 Å². The maximum Gasteiger partial charge on any atom is 0.194 e. The Hall–Kier alpha value is -2.47. The number of thioether (sulfide) groups is 1. The predicted molar refractivity (Wildman–Crippen MR) is 119 cm³/mol. The fourth-order valence-electron chi connectivity index (χ4n) is 3.23. The van der Waals surface area contributed by atoms with Crippen LogP contribution in [0.1, 0.15) is 11.1 Å². The van der Waals surface area contributed by atoms with Crippen molar-refractivity contribution in [3.63, 3.8) is 0 Å². The molecule has 180 valence electrons. The minimum absolute atomic E-state index is 0.248. The van der Waals surface area contributed by atoms with Gasteiger partial charge in [-0.3, -0.25) is 0 Å². The number of halogens is 4. The van der Waals surface area contributed by atoms with Gasteiger partial charge in [-0.1, -0.05) is 11.8 Å². The summed E-state index contributed by atoms with van der Waals surface area (Å²) in [4.78, 5) is 0.622. The van der Waals surface area contributed by atoms with E-state index in [4.69, 9.17) is 15.5 Å². The molecule has 1 saturated heterocycles. The van der Waals surface area contributed by atoms with E-state index in [1.807, 2.05) is 6.07 Å². The van der Waals surface area contributed by atoms with Crippen LogP contribution >= 0.6 is 27.7 Å². The molecule has 1 aliphatic rings. The highest BCUT2D eigenvalue weighted by Gasteiger charge is 2.44. The summed E-state index contributed by atoms with van der Waals surface area (Å²) in [7, 11) is 0. The Bertz CT molecular complexity index is 1130. The highest BCUT2D eigenvalue weighted by atomic mass is 79.9. The second-order valence-corrected chi connectivity index (χ2v) is 9.19. The molecule has 13 heteroatoms. The van der Waals surface area contributed by atoms with Gasteiger partial charge in [-0.2, -0.15) is 10.4 Å². The van der Waals surface area contributed by atoms with Gasteiger partial charge in [0, 0.05) is 21.1 Å². The Morgan fingerprint density at radius 1 is 1.24 bits per heavy atom. The number of hydrogen-bond acceptors (Lipinski definition) is 9. The van der Waals surface area contributed by atoms with Crippen molar-refractivity contribution in [2.45, 2.75) is 34.7 Å². The lowest BCUT2D eigenvalue weighted by Crippen LogP contribution is -2.61. The van der Waals surface area contributed by atoms with Crippen molar-refractivity contribution < 1.29 is 33.2 Å². The molecule has 0 spiro atoms. The zero-order valence-corrected chi connectivity index (χ0v) is 19.5. The molecule has 5 N–H and O–H groups in total. The minimum Gasteiger partial charge on any atom is -0.394 e. The van der Waals surface area contributed by atoms with E-state index in [9.17, 15) is 28.5 Å². The van der Waals surface area contributed by atoms with Gasteiger partial charge in [0.2, 0.25) is 0 Å². The van der Waals surface area contributed by atoms with Gasteiger partial charge in [-0.25, -0.2) is 18.7 Å². The molecule has 3 rings (SSSR count). The molecule has 0 aromatic heterocycles. The molecule has 1 fully saturated rings. The van der Waals surface area contributed by atoms with E-state index in [-0.39, 0.29) is 11.3 Å². The van der Waals surface area contributed by atoms with Crippen LogP contribution in [0.25, 0.3) is 5.70 Å². The summed E-state index contributed by atoms with van der Waals surface area (Å²) in [5, 5.41) is 45.9. The third-order valence-corrected chi connectivity index (χ3v) is 6.81. The molecule has 2 aromatic rings. The molecule has 0 bridgehead atoms. The van der Waals surface area contributed by atoms with Gasteiger partial charge < -0.3 is 25.4 Å². The highest BCUT2D eigenvalue weighted by Crippen LogP contribution is 2.35. The first-order valence-electron chi connectivity index (χ1n) is 9.67. The van der Waals surface area contributed by atoms with E-state index in [2.05, 4.69) is 26.4 Å². The van der Waals surface area contributed by atoms with Crippen molar-refractivity contribution in [1.29, 1.82) is 10.8 Å². The Kier molecular flexibility index (Phi) is 8.69. The largest absolute Gasteiger partial charge is 0.394 e. The maximum absolute atomic E-state index is 13.6. The molecular formula is C21H18BrF3N4O4S. The van der Waals surface area contributed by atoms with E-state index >= 15 is 0 Å². The van der Waals surface area contributed by atoms with E-state index in [0.717, 1.165) is 18.0 Å². The van der Waals surface area contributed by atoms with E-state index in [1.54, 1.807) is 18.2 Å². The molecule has 34 heavy (non-hydrogen) atoms. The predicted octanol–water partition coefficient (Wildman–Crippen LogP) is 3.26. The first-order valence-corrected chi connectivity index (χ1v) is 11.3. The van der Waals surface area contributed by atoms with Gasteiger partial charge in [0.05, 0.1) is 18.2 Å². The minimum atomic E-state index is -1.67. The Balaban J connectivity index is 1.85. The van der Waals surface area contributed by atoms with Crippen LogP contribution in [-0.2, 0) is 4.74 Å². The second-order valence-electron chi connectivity index (χ2n) is 7.17. The monoisotopic (exact) mass is 558 g/mol. The Labute approximate surface area is 204 Å². The lowest BCUT2D eigenvalue weighted by molar-refractivity contribution is -0.164. The first-order chi connectivity index (χ1) is 16.2. The number of rotatable bonds is 7. The van der Waals surface area contributed by atoms with Gasteiger partial charge in [-0.15, -0.1) is 0 Å². The SMILES string of the molecule is N#Cc1ccc(S[C@H]2OC(CO)[C@H](O)C(N/C=C(\N=N)c3cc(F)c(F)c(F)c3)C2O)cc1Br. The molecule has 3 unspecified atom stereocenters. The molecule has 8 nitrogen and oxygen atoms in total. The second kappa shape index (κ2) is 11.3. The molecule has 1 aliphatic heterocycles. The Morgan fingerprint density at radius 3 is 2.47 bits per heavy atom. The number of hydrogen-bond donors (Lipinski definition) is 5. The van der Waals surface area contributed by atoms with Crippen molar-refractivity contribution in [2.24, 2.45) is 5.11 Å². The molecule has 5 atom stereocenters.